The summed E-state index contributed by atoms with van der Waals surface area (Å²) in [6.07, 6.45) is 1.65. The van der Waals surface area contributed by atoms with Crippen LogP contribution in [0.2, 0.25) is 0 Å². The lowest BCUT2D eigenvalue weighted by Gasteiger charge is -2.03. The van der Waals surface area contributed by atoms with E-state index in [1.54, 1.807) is 35.8 Å². The molecule has 26 heavy (non-hydrogen) atoms. The molecule has 0 aliphatic rings. The van der Waals surface area contributed by atoms with Gasteiger partial charge in [-0.2, -0.15) is 0 Å². The van der Waals surface area contributed by atoms with Crippen molar-refractivity contribution < 1.29 is 13.9 Å². The largest absolute Gasteiger partial charge is 0.455 e. The maximum absolute atomic E-state index is 13.0. The number of ether oxygens (including phenoxy) is 1. The molecule has 0 amide bonds. The molecule has 4 rings (SSSR count). The molecule has 130 valence electrons. The van der Waals surface area contributed by atoms with Gasteiger partial charge < -0.3 is 4.74 Å². The van der Waals surface area contributed by atoms with Crippen LogP contribution in [0.4, 0.5) is 4.39 Å². The molecule has 0 unspecified atom stereocenters. The van der Waals surface area contributed by atoms with Gasteiger partial charge in [-0.3, -0.25) is 9.20 Å². The number of hydrogen-bond donors (Lipinski definition) is 0. The van der Waals surface area contributed by atoms with Crippen LogP contribution < -0.4 is 5.56 Å². The molecule has 0 spiro atoms. The van der Waals surface area contributed by atoms with Gasteiger partial charge in [0, 0.05) is 22.5 Å². The summed E-state index contributed by atoms with van der Waals surface area (Å²) in [6, 6.07) is 10.9. The average Bonchev–Trinajstić information content (AvgIpc) is 3.30. The van der Waals surface area contributed by atoms with Crippen LogP contribution in [0.5, 0.6) is 0 Å². The van der Waals surface area contributed by atoms with E-state index in [2.05, 4.69) is 4.98 Å². The summed E-state index contributed by atoms with van der Waals surface area (Å²) < 4.78 is 19.7. The molecule has 0 aliphatic heterocycles. The van der Waals surface area contributed by atoms with Crippen molar-refractivity contribution in [1.82, 2.24) is 9.38 Å². The van der Waals surface area contributed by atoms with Gasteiger partial charge >= 0.3 is 5.97 Å². The number of carbonyl (C=O) groups excluding carboxylic acids is 1. The molecule has 3 aromatic heterocycles. The molecule has 4 aromatic rings. The van der Waals surface area contributed by atoms with Crippen molar-refractivity contribution in [3.63, 3.8) is 0 Å². The highest BCUT2D eigenvalue weighted by Crippen LogP contribution is 2.28. The van der Waals surface area contributed by atoms with Gasteiger partial charge in [-0.05, 0) is 29.8 Å². The zero-order valence-corrected chi connectivity index (χ0v) is 14.8. The van der Waals surface area contributed by atoms with Crippen LogP contribution in [-0.2, 0) is 11.3 Å². The minimum absolute atomic E-state index is 0.0771. The lowest BCUT2D eigenvalue weighted by molar-refractivity contribution is 0.0473. The molecule has 0 atom stereocenters. The Bertz CT molecular complexity index is 1150. The summed E-state index contributed by atoms with van der Waals surface area (Å²) >= 11 is 2.60. The molecule has 1 aromatic carbocycles. The summed E-state index contributed by atoms with van der Waals surface area (Å²) in [6.45, 7) is -0.0771. The maximum Gasteiger partial charge on any atom is 0.348 e. The molecule has 0 N–H and O–H groups in total. The molecule has 0 saturated carbocycles. The van der Waals surface area contributed by atoms with Crippen LogP contribution in [0.15, 0.2) is 58.8 Å². The van der Waals surface area contributed by atoms with Gasteiger partial charge in [0.1, 0.15) is 17.3 Å². The Morgan fingerprint density at radius 3 is 2.81 bits per heavy atom. The summed E-state index contributed by atoms with van der Waals surface area (Å²) in [5.74, 6) is -0.799. The minimum Gasteiger partial charge on any atom is -0.455 e. The van der Waals surface area contributed by atoms with Crippen molar-refractivity contribution in [3.05, 3.63) is 80.8 Å². The number of carbonyl (C=O) groups is 1. The molecular formula is C18H11FN2O3S2. The normalized spacial score (nSPS) is 11.0. The first-order valence-electron chi connectivity index (χ1n) is 7.59. The Kier molecular flexibility index (Phi) is 4.36. The molecular weight excluding hydrogens is 375 g/mol. The number of hydrogen-bond acceptors (Lipinski definition) is 6. The van der Waals surface area contributed by atoms with E-state index in [1.807, 2.05) is 0 Å². The van der Waals surface area contributed by atoms with Crippen molar-refractivity contribution >= 4 is 33.6 Å². The molecule has 8 heteroatoms. The monoisotopic (exact) mass is 386 g/mol. The highest BCUT2D eigenvalue weighted by molar-refractivity contribution is 7.17. The Labute approximate surface area is 155 Å². The minimum atomic E-state index is -0.489. The molecule has 0 aliphatic carbocycles. The third kappa shape index (κ3) is 3.29. The SMILES string of the molecule is O=C(OCc1cc(=O)n2ccsc2n1)c1ccc(-c2ccc(F)cc2)s1. The number of halogens is 1. The Hall–Kier alpha value is -2.84. The maximum atomic E-state index is 13.0. The second kappa shape index (κ2) is 6.81. The number of rotatable bonds is 4. The lowest BCUT2D eigenvalue weighted by Crippen LogP contribution is -2.14. The van der Waals surface area contributed by atoms with E-state index in [1.165, 1.54) is 45.3 Å². The predicted molar refractivity (Wildman–Crippen MR) is 98.2 cm³/mol. The fourth-order valence-electron chi connectivity index (χ4n) is 2.39. The van der Waals surface area contributed by atoms with E-state index in [9.17, 15) is 14.0 Å². The Morgan fingerprint density at radius 2 is 2.00 bits per heavy atom. The molecule has 0 fully saturated rings. The molecule has 0 bridgehead atoms. The van der Waals surface area contributed by atoms with Gasteiger partial charge in [-0.15, -0.1) is 22.7 Å². The van der Waals surface area contributed by atoms with Crippen LogP contribution in [0, 0.1) is 5.82 Å². The lowest BCUT2D eigenvalue weighted by atomic mass is 10.2. The molecule has 0 saturated heterocycles. The summed E-state index contributed by atoms with van der Waals surface area (Å²) in [4.78, 5) is 30.3. The number of fused-ring (bicyclic) bond motifs is 1. The van der Waals surface area contributed by atoms with E-state index in [0.717, 1.165) is 10.4 Å². The molecule has 3 heterocycles. The fourth-order valence-corrected chi connectivity index (χ4v) is 4.03. The van der Waals surface area contributed by atoms with Gasteiger partial charge in [0.15, 0.2) is 4.96 Å². The topological polar surface area (TPSA) is 60.7 Å². The van der Waals surface area contributed by atoms with Crippen molar-refractivity contribution in [2.75, 3.05) is 0 Å². The first kappa shape index (κ1) is 16.6. The van der Waals surface area contributed by atoms with E-state index in [4.69, 9.17) is 4.74 Å². The van der Waals surface area contributed by atoms with Gasteiger partial charge in [-0.1, -0.05) is 12.1 Å². The fraction of sp³-hybridized carbons (Fsp3) is 0.0556. The van der Waals surface area contributed by atoms with Crippen LogP contribution >= 0.6 is 22.7 Å². The van der Waals surface area contributed by atoms with Crippen LogP contribution in [0.1, 0.15) is 15.4 Å². The number of benzene rings is 1. The third-order valence-electron chi connectivity index (χ3n) is 3.64. The average molecular weight is 386 g/mol. The van der Waals surface area contributed by atoms with E-state index >= 15 is 0 Å². The van der Waals surface area contributed by atoms with Gasteiger partial charge in [-0.25, -0.2) is 14.2 Å². The van der Waals surface area contributed by atoms with Crippen molar-refractivity contribution in [2.24, 2.45) is 0 Å². The standard InChI is InChI=1S/C18H11FN2O3S2/c19-12-3-1-11(2-4-12)14-5-6-15(26-14)17(23)24-10-13-9-16(22)21-7-8-25-18(21)20-13/h1-9H,10H2. The van der Waals surface area contributed by atoms with Gasteiger partial charge in [0.25, 0.3) is 5.56 Å². The molecule has 0 radical (unpaired) electrons. The summed E-state index contributed by atoms with van der Waals surface area (Å²) in [7, 11) is 0. The first-order chi connectivity index (χ1) is 12.6. The smallest absolute Gasteiger partial charge is 0.348 e. The van der Waals surface area contributed by atoms with E-state index in [0.29, 0.717) is 15.5 Å². The number of aromatic nitrogens is 2. The Balaban J connectivity index is 1.48. The van der Waals surface area contributed by atoms with Crippen molar-refractivity contribution in [3.8, 4) is 10.4 Å². The summed E-state index contributed by atoms with van der Waals surface area (Å²) in [5.41, 5.74) is 1.02. The van der Waals surface area contributed by atoms with E-state index < -0.39 is 5.97 Å². The van der Waals surface area contributed by atoms with Crippen LogP contribution in [0.3, 0.4) is 0 Å². The predicted octanol–water partition coefficient (Wildman–Crippen LogP) is 3.98. The molecule has 5 nitrogen and oxygen atoms in total. The van der Waals surface area contributed by atoms with Crippen molar-refractivity contribution in [1.29, 1.82) is 0 Å². The summed E-state index contributed by atoms with van der Waals surface area (Å²) in [5, 5.41) is 1.77. The number of nitrogens with zero attached hydrogens (tertiary/aromatic N) is 2. The Morgan fingerprint density at radius 1 is 1.19 bits per heavy atom. The van der Waals surface area contributed by atoms with Gasteiger partial charge in [0.2, 0.25) is 0 Å². The highest BCUT2D eigenvalue weighted by Gasteiger charge is 2.13. The highest BCUT2D eigenvalue weighted by atomic mass is 32.1. The van der Waals surface area contributed by atoms with Gasteiger partial charge in [0.05, 0.1) is 5.69 Å². The second-order valence-electron chi connectivity index (χ2n) is 5.39. The van der Waals surface area contributed by atoms with Crippen LogP contribution in [-0.4, -0.2) is 15.4 Å². The third-order valence-corrected chi connectivity index (χ3v) is 5.51. The number of esters is 1. The van der Waals surface area contributed by atoms with Crippen molar-refractivity contribution in [2.45, 2.75) is 6.61 Å². The zero-order chi connectivity index (χ0) is 18.1. The quantitative estimate of drug-likeness (QED) is 0.498. The van der Waals surface area contributed by atoms with Crippen LogP contribution in [0.25, 0.3) is 15.4 Å². The first-order valence-corrected chi connectivity index (χ1v) is 9.28. The second-order valence-corrected chi connectivity index (χ2v) is 7.35. The van der Waals surface area contributed by atoms with E-state index in [-0.39, 0.29) is 18.0 Å². The zero-order valence-electron chi connectivity index (χ0n) is 13.2. The number of thiophene rings is 1. The number of thiazole rings is 1.